The Morgan fingerprint density at radius 1 is 0.967 bits per heavy atom. The highest BCUT2D eigenvalue weighted by Crippen LogP contribution is 2.31. The number of terminal acetylenes is 1. The third-order valence-corrected chi connectivity index (χ3v) is 5.44. The number of para-hydroxylation sites is 1. The maximum atomic E-state index is 12.2. The van der Waals surface area contributed by atoms with E-state index in [-0.39, 0.29) is 4.90 Å². The van der Waals surface area contributed by atoms with Crippen LogP contribution in [-0.4, -0.2) is 34.6 Å². The Hall–Kier alpha value is -3.90. The summed E-state index contributed by atoms with van der Waals surface area (Å²) in [5.41, 5.74) is 2.68. The van der Waals surface area contributed by atoms with Gasteiger partial charge in [-0.1, -0.05) is 24.1 Å². The van der Waals surface area contributed by atoms with E-state index in [2.05, 4.69) is 36.5 Å². The summed E-state index contributed by atoms with van der Waals surface area (Å²) in [7, 11) is -3.42. The number of rotatable bonds is 5. The van der Waals surface area contributed by atoms with Crippen LogP contribution in [0.5, 0.6) is 0 Å². The summed E-state index contributed by atoms with van der Waals surface area (Å²) >= 11 is 0. The van der Waals surface area contributed by atoms with Crippen molar-refractivity contribution in [2.45, 2.75) is 11.8 Å². The highest BCUT2D eigenvalue weighted by atomic mass is 32.2. The molecule has 0 saturated heterocycles. The molecule has 8 nitrogen and oxygen atoms in total. The SMILES string of the molecule is C#Cc1cccc(Nc2cc(Nc3ccccc3S(C)(=O)=O)c3nc(C)[nH]c3n2)n1. The minimum absolute atomic E-state index is 0.195. The predicted molar refractivity (Wildman–Crippen MR) is 117 cm³/mol. The van der Waals surface area contributed by atoms with Crippen LogP contribution in [0.15, 0.2) is 53.4 Å². The van der Waals surface area contributed by atoms with E-state index in [1.165, 1.54) is 6.26 Å². The first kappa shape index (κ1) is 19.4. The van der Waals surface area contributed by atoms with Crippen molar-refractivity contribution in [3.05, 3.63) is 60.0 Å². The molecule has 0 radical (unpaired) electrons. The van der Waals surface area contributed by atoms with Crippen LogP contribution in [0.2, 0.25) is 0 Å². The van der Waals surface area contributed by atoms with Gasteiger partial charge in [-0.05, 0) is 31.2 Å². The van der Waals surface area contributed by atoms with Gasteiger partial charge in [-0.15, -0.1) is 6.42 Å². The van der Waals surface area contributed by atoms with Gasteiger partial charge >= 0.3 is 0 Å². The van der Waals surface area contributed by atoms with Crippen LogP contribution in [0.25, 0.3) is 11.2 Å². The zero-order valence-corrected chi connectivity index (χ0v) is 17.1. The maximum absolute atomic E-state index is 12.2. The van der Waals surface area contributed by atoms with Crippen LogP contribution in [0.1, 0.15) is 11.5 Å². The lowest BCUT2D eigenvalue weighted by Crippen LogP contribution is -2.04. The molecule has 0 aliphatic rings. The molecule has 0 bridgehead atoms. The molecule has 0 amide bonds. The summed E-state index contributed by atoms with van der Waals surface area (Å²) < 4.78 is 24.3. The highest BCUT2D eigenvalue weighted by molar-refractivity contribution is 7.90. The van der Waals surface area contributed by atoms with Crippen molar-refractivity contribution in [3.8, 4) is 12.3 Å². The van der Waals surface area contributed by atoms with Crippen LogP contribution < -0.4 is 10.6 Å². The van der Waals surface area contributed by atoms with Gasteiger partial charge in [0.1, 0.15) is 28.7 Å². The Labute approximate surface area is 173 Å². The Bertz CT molecular complexity index is 1400. The van der Waals surface area contributed by atoms with Crippen LogP contribution in [0.3, 0.4) is 0 Å². The number of aryl methyl sites for hydroxylation is 1. The molecule has 0 unspecified atom stereocenters. The fourth-order valence-electron chi connectivity index (χ4n) is 3.02. The third kappa shape index (κ3) is 3.94. The third-order valence-electron chi connectivity index (χ3n) is 4.28. The monoisotopic (exact) mass is 418 g/mol. The molecule has 0 saturated carbocycles. The van der Waals surface area contributed by atoms with Gasteiger partial charge in [-0.3, -0.25) is 0 Å². The average molecular weight is 418 g/mol. The molecule has 9 heteroatoms. The molecule has 4 aromatic rings. The summed E-state index contributed by atoms with van der Waals surface area (Å²) in [6, 6.07) is 13.7. The number of benzene rings is 1. The van der Waals surface area contributed by atoms with E-state index >= 15 is 0 Å². The van der Waals surface area contributed by atoms with Gasteiger partial charge in [0.15, 0.2) is 15.5 Å². The van der Waals surface area contributed by atoms with Gasteiger partial charge in [0, 0.05) is 12.3 Å². The Morgan fingerprint density at radius 3 is 2.53 bits per heavy atom. The van der Waals surface area contributed by atoms with Crippen molar-refractivity contribution in [1.82, 2.24) is 19.9 Å². The number of aromatic amines is 1. The number of fused-ring (bicyclic) bond motifs is 1. The topological polar surface area (TPSA) is 113 Å². The summed E-state index contributed by atoms with van der Waals surface area (Å²) in [5.74, 6) is 4.21. The van der Waals surface area contributed by atoms with E-state index in [4.69, 9.17) is 6.42 Å². The van der Waals surface area contributed by atoms with Gasteiger partial charge < -0.3 is 15.6 Å². The molecule has 0 fully saturated rings. The first-order valence-electron chi connectivity index (χ1n) is 8.97. The second-order valence-corrected chi connectivity index (χ2v) is 8.63. The van der Waals surface area contributed by atoms with E-state index in [9.17, 15) is 8.42 Å². The van der Waals surface area contributed by atoms with Crippen molar-refractivity contribution in [2.75, 3.05) is 16.9 Å². The van der Waals surface area contributed by atoms with Gasteiger partial charge in [0.05, 0.1) is 16.3 Å². The molecule has 3 heterocycles. The number of hydrogen-bond donors (Lipinski definition) is 3. The van der Waals surface area contributed by atoms with E-state index in [1.54, 1.807) is 48.5 Å². The summed E-state index contributed by atoms with van der Waals surface area (Å²) in [5, 5.41) is 6.32. The molecule has 0 aliphatic heterocycles. The van der Waals surface area contributed by atoms with Crippen molar-refractivity contribution in [2.24, 2.45) is 0 Å². The molecular formula is C21H18N6O2S. The first-order chi connectivity index (χ1) is 14.3. The quantitative estimate of drug-likeness (QED) is 0.425. The van der Waals surface area contributed by atoms with E-state index in [0.29, 0.717) is 45.7 Å². The zero-order chi connectivity index (χ0) is 21.3. The highest BCUT2D eigenvalue weighted by Gasteiger charge is 2.16. The molecular weight excluding hydrogens is 400 g/mol. The van der Waals surface area contributed by atoms with E-state index in [0.717, 1.165) is 0 Å². The lowest BCUT2D eigenvalue weighted by molar-refractivity contribution is 0.602. The Balaban J connectivity index is 1.79. The summed E-state index contributed by atoms with van der Waals surface area (Å²) in [4.78, 5) is 16.6. The number of nitrogens with one attached hydrogen (secondary N) is 3. The number of nitrogens with zero attached hydrogens (tertiary/aromatic N) is 3. The number of imidazole rings is 1. The Kier molecular flexibility index (Phi) is 4.85. The van der Waals surface area contributed by atoms with Crippen LogP contribution in [0, 0.1) is 19.3 Å². The van der Waals surface area contributed by atoms with Gasteiger partial charge in [-0.25, -0.2) is 23.4 Å². The zero-order valence-electron chi connectivity index (χ0n) is 16.3. The van der Waals surface area contributed by atoms with Gasteiger partial charge in [0.25, 0.3) is 0 Å². The maximum Gasteiger partial charge on any atom is 0.177 e. The van der Waals surface area contributed by atoms with Crippen LogP contribution in [0.4, 0.5) is 23.0 Å². The van der Waals surface area contributed by atoms with Gasteiger partial charge in [0.2, 0.25) is 0 Å². The lowest BCUT2D eigenvalue weighted by atomic mass is 10.2. The van der Waals surface area contributed by atoms with Crippen molar-refractivity contribution in [1.29, 1.82) is 0 Å². The van der Waals surface area contributed by atoms with Gasteiger partial charge in [-0.2, -0.15) is 0 Å². The Morgan fingerprint density at radius 2 is 1.77 bits per heavy atom. The largest absolute Gasteiger partial charge is 0.352 e. The molecule has 150 valence electrons. The molecule has 3 N–H and O–H groups in total. The standard InChI is InChI=1S/C21H18N6O2S/c1-4-14-8-7-11-18(24-14)26-19-12-16(20-21(27-19)23-13(2)22-20)25-15-9-5-6-10-17(15)30(3,28)29/h1,5-12H,2-3H3,(H3,22,23,24,25,26,27). The molecule has 30 heavy (non-hydrogen) atoms. The first-order valence-corrected chi connectivity index (χ1v) is 10.9. The summed E-state index contributed by atoms with van der Waals surface area (Å²) in [6.07, 6.45) is 6.59. The van der Waals surface area contributed by atoms with E-state index < -0.39 is 9.84 Å². The minimum atomic E-state index is -3.42. The normalized spacial score (nSPS) is 11.2. The molecule has 3 aromatic heterocycles. The fourth-order valence-corrected chi connectivity index (χ4v) is 3.86. The van der Waals surface area contributed by atoms with E-state index in [1.807, 2.05) is 6.92 Å². The number of anilines is 4. The summed E-state index contributed by atoms with van der Waals surface area (Å²) in [6.45, 7) is 1.82. The predicted octanol–water partition coefficient (Wildman–Crippen LogP) is 3.53. The number of hydrogen-bond acceptors (Lipinski definition) is 7. The minimum Gasteiger partial charge on any atom is -0.352 e. The smallest absolute Gasteiger partial charge is 0.177 e. The van der Waals surface area contributed by atoms with Crippen molar-refractivity contribution >= 4 is 44.0 Å². The van der Waals surface area contributed by atoms with Crippen molar-refractivity contribution in [3.63, 3.8) is 0 Å². The molecule has 0 aliphatic carbocycles. The number of aromatic nitrogens is 4. The average Bonchev–Trinajstić information content (AvgIpc) is 3.08. The number of pyridine rings is 2. The number of H-pyrrole nitrogens is 1. The molecule has 0 atom stereocenters. The molecule has 1 aromatic carbocycles. The van der Waals surface area contributed by atoms with Crippen LogP contribution >= 0.6 is 0 Å². The molecule has 4 rings (SSSR count). The number of sulfone groups is 1. The van der Waals surface area contributed by atoms with Crippen molar-refractivity contribution < 1.29 is 8.42 Å². The fraction of sp³-hybridized carbons (Fsp3) is 0.0952. The molecule has 0 spiro atoms. The van der Waals surface area contributed by atoms with Crippen LogP contribution in [-0.2, 0) is 9.84 Å². The lowest BCUT2D eigenvalue weighted by Gasteiger charge is -2.13. The second kappa shape index (κ2) is 7.50. The second-order valence-electron chi connectivity index (χ2n) is 6.65.